The van der Waals surface area contributed by atoms with Crippen LogP contribution in [0.15, 0.2) is 18.2 Å². The number of hydrogen-bond donors (Lipinski definition) is 2. The maximum atomic E-state index is 12.4. The van der Waals surface area contributed by atoms with Crippen LogP contribution in [0.4, 0.5) is 11.4 Å². The van der Waals surface area contributed by atoms with E-state index in [1.165, 1.54) is 18.2 Å². The van der Waals surface area contributed by atoms with Crippen molar-refractivity contribution >= 4 is 17.3 Å². The van der Waals surface area contributed by atoms with Crippen molar-refractivity contribution in [3.8, 4) is 0 Å². The normalized spacial score (nSPS) is 22.6. The Bertz CT molecular complexity index is 546. The molecule has 4 N–H and O–H groups in total. The molecule has 1 aromatic rings. The third-order valence-electron chi connectivity index (χ3n) is 3.74. The number of carbonyl (C=O) groups excluding carboxylic acids is 1. The molecule has 20 heavy (non-hydrogen) atoms. The number of amides is 1. The molecule has 1 heterocycles. The largest absolute Gasteiger partial charge is 0.398 e. The van der Waals surface area contributed by atoms with Gasteiger partial charge in [0.1, 0.15) is 0 Å². The zero-order valence-corrected chi connectivity index (χ0v) is 11.3. The van der Waals surface area contributed by atoms with Crippen LogP contribution in [0.2, 0.25) is 0 Å². The number of nitrogens with zero attached hydrogens (tertiary/aromatic N) is 2. The van der Waals surface area contributed by atoms with E-state index in [0.29, 0.717) is 13.1 Å². The Labute approximate surface area is 116 Å². The minimum atomic E-state index is -0.537. The smallest absolute Gasteiger partial charge is 0.270 e. The van der Waals surface area contributed by atoms with Gasteiger partial charge in [0.15, 0.2) is 0 Å². The number of anilines is 1. The van der Waals surface area contributed by atoms with Gasteiger partial charge in [-0.3, -0.25) is 14.9 Å². The van der Waals surface area contributed by atoms with Crippen LogP contribution < -0.4 is 11.5 Å². The van der Waals surface area contributed by atoms with E-state index >= 15 is 0 Å². The van der Waals surface area contributed by atoms with Crippen LogP contribution in [0.3, 0.4) is 0 Å². The molecule has 0 spiro atoms. The van der Waals surface area contributed by atoms with E-state index in [2.05, 4.69) is 0 Å². The molecule has 7 heteroatoms. The summed E-state index contributed by atoms with van der Waals surface area (Å²) in [6.45, 7) is 3.08. The fraction of sp³-hybridized carbons (Fsp3) is 0.462. The summed E-state index contributed by atoms with van der Waals surface area (Å²) >= 11 is 0. The lowest BCUT2D eigenvalue weighted by Gasteiger charge is -2.35. The van der Waals surface area contributed by atoms with E-state index < -0.39 is 4.92 Å². The Morgan fingerprint density at radius 1 is 1.50 bits per heavy atom. The Morgan fingerprint density at radius 2 is 2.20 bits per heavy atom. The maximum Gasteiger partial charge on any atom is 0.270 e. The van der Waals surface area contributed by atoms with Crippen LogP contribution in [0.5, 0.6) is 0 Å². The molecule has 1 amide bonds. The van der Waals surface area contributed by atoms with E-state index in [1.807, 2.05) is 6.92 Å². The number of benzene rings is 1. The summed E-state index contributed by atoms with van der Waals surface area (Å²) in [5.74, 6) is -0.0717. The van der Waals surface area contributed by atoms with Crippen LogP contribution in [-0.2, 0) is 0 Å². The van der Waals surface area contributed by atoms with Gasteiger partial charge >= 0.3 is 0 Å². The van der Waals surface area contributed by atoms with Gasteiger partial charge < -0.3 is 16.4 Å². The number of nitrogens with two attached hydrogens (primary N) is 2. The third-order valence-corrected chi connectivity index (χ3v) is 3.74. The number of piperidine rings is 1. The first-order chi connectivity index (χ1) is 9.40. The summed E-state index contributed by atoms with van der Waals surface area (Å²) < 4.78 is 0. The molecule has 0 aliphatic carbocycles. The predicted octanol–water partition coefficient (Wildman–Crippen LogP) is 0.986. The second-order valence-corrected chi connectivity index (χ2v) is 5.21. The fourth-order valence-electron chi connectivity index (χ4n) is 2.36. The van der Waals surface area contributed by atoms with Crippen molar-refractivity contribution in [1.29, 1.82) is 0 Å². The zero-order valence-electron chi connectivity index (χ0n) is 11.3. The van der Waals surface area contributed by atoms with Crippen LogP contribution >= 0.6 is 0 Å². The van der Waals surface area contributed by atoms with Crippen LogP contribution in [0.25, 0.3) is 0 Å². The van der Waals surface area contributed by atoms with Gasteiger partial charge in [0.05, 0.1) is 10.5 Å². The lowest BCUT2D eigenvalue weighted by atomic mass is 9.94. The number of nitrogen functional groups attached to an aromatic ring is 1. The molecule has 7 nitrogen and oxygen atoms in total. The van der Waals surface area contributed by atoms with Crippen molar-refractivity contribution in [2.45, 2.75) is 19.4 Å². The van der Waals surface area contributed by atoms with Crippen LogP contribution in [0.1, 0.15) is 23.7 Å². The first kappa shape index (κ1) is 14.3. The number of rotatable bonds is 2. The Balaban J connectivity index is 2.25. The topological polar surface area (TPSA) is 115 Å². The number of likely N-dealkylation sites (tertiary alicyclic amines) is 1. The van der Waals surface area contributed by atoms with E-state index in [-0.39, 0.29) is 34.8 Å². The Kier molecular flexibility index (Phi) is 3.89. The summed E-state index contributed by atoms with van der Waals surface area (Å²) in [4.78, 5) is 24.3. The highest BCUT2D eigenvalue weighted by molar-refractivity contribution is 5.99. The van der Waals surface area contributed by atoms with Gasteiger partial charge in [-0.1, -0.05) is 6.92 Å². The molecule has 2 unspecified atom stereocenters. The molecule has 2 atom stereocenters. The average Bonchev–Trinajstić information content (AvgIpc) is 2.41. The van der Waals surface area contributed by atoms with Crippen molar-refractivity contribution in [1.82, 2.24) is 4.90 Å². The van der Waals surface area contributed by atoms with Crippen molar-refractivity contribution in [2.24, 2.45) is 11.7 Å². The van der Waals surface area contributed by atoms with Gasteiger partial charge in [-0.2, -0.15) is 0 Å². The van der Waals surface area contributed by atoms with E-state index in [1.54, 1.807) is 4.90 Å². The summed E-state index contributed by atoms with van der Waals surface area (Å²) in [6.07, 6.45) is 0.724. The first-order valence-corrected chi connectivity index (χ1v) is 6.49. The molecule has 1 aromatic carbocycles. The monoisotopic (exact) mass is 278 g/mol. The molecule has 0 radical (unpaired) electrons. The number of non-ortho nitro benzene ring substituents is 1. The Morgan fingerprint density at radius 3 is 2.80 bits per heavy atom. The second kappa shape index (κ2) is 5.46. The van der Waals surface area contributed by atoms with E-state index in [9.17, 15) is 14.9 Å². The van der Waals surface area contributed by atoms with E-state index in [4.69, 9.17) is 11.5 Å². The molecule has 1 saturated heterocycles. The Hall–Kier alpha value is -2.15. The molecule has 0 aromatic heterocycles. The van der Waals surface area contributed by atoms with Gasteiger partial charge in [0, 0.05) is 37.0 Å². The summed E-state index contributed by atoms with van der Waals surface area (Å²) in [7, 11) is 0. The highest BCUT2D eigenvalue weighted by Crippen LogP contribution is 2.23. The first-order valence-electron chi connectivity index (χ1n) is 6.49. The minimum absolute atomic E-state index is 0.0847. The maximum absolute atomic E-state index is 12.4. The quantitative estimate of drug-likeness (QED) is 0.475. The van der Waals surface area contributed by atoms with Gasteiger partial charge in [-0.15, -0.1) is 0 Å². The molecule has 1 aliphatic heterocycles. The third kappa shape index (κ3) is 2.72. The van der Waals surface area contributed by atoms with Crippen molar-refractivity contribution in [3.63, 3.8) is 0 Å². The molecule has 0 bridgehead atoms. The number of nitro groups is 1. The molecule has 108 valence electrons. The summed E-state index contributed by atoms with van der Waals surface area (Å²) in [6, 6.07) is 4.00. The number of hydrogen-bond acceptors (Lipinski definition) is 5. The highest BCUT2D eigenvalue weighted by atomic mass is 16.6. The minimum Gasteiger partial charge on any atom is -0.398 e. The average molecular weight is 278 g/mol. The van der Waals surface area contributed by atoms with Crippen molar-refractivity contribution < 1.29 is 9.72 Å². The fourth-order valence-corrected chi connectivity index (χ4v) is 2.36. The SMILES string of the molecule is CC1CN(C(=O)c2cc([N+](=O)[O-])ccc2N)CCC1N. The predicted molar refractivity (Wildman–Crippen MR) is 75.2 cm³/mol. The number of nitro benzene ring substituents is 1. The highest BCUT2D eigenvalue weighted by Gasteiger charge is 2.28. The van der Waals surface area contributed by atoms with Gasteiger partial charge in [-0.25, -0.2) is 0 Å². The molecule has 1 aliphatic rings. The lowest BCUT2D eigenvalue weighted by Crippen LogP contribution is -2.48. The molecule has 0 saturated carbocycles. The molecule has 2 rings (SSSR count). The molecule has 1 fully saturated rings. The summed E-state index contributed by atoms with van der Waals surface area (Å²) in [5.41, 5.74) is 12.0. The number of carbonyl (C=O) groups is 1. The van der Waals surface area contributed by atoms with Crippen molar-refractivity contribution in [3.05, 3.63) is 33.9 Å². The zero-order chi connectivity index (χ0) is 14.9. The van der Waals surface area contributed by atoms with Gasteiger partial charge in [0.25, 0.3) is 11.6 Å². The summed E-state index contributed by atoms with van der Waals surface area (Å²) in [5, 5.41) is 10.8. The lowest BCUT2D eigenvalue weighted by molar-refractivity contribution is -0.384. The molecular formula is C13H18N4O3. The van der Waals surface area contributed by atoms with Crippen LogP contribution in [0, 0.1) is 16.0 Å². The van der Waals surface area contributed by atoms with Crippen molar-refractivity contribution in [2.75, 3.05) is 18.8 Å². The van der Waals surface area contributed by atoms with Gasteiger partial charge in [-0.05, 0) is 18.4 Å². The van der Waals surface area contributed by atoms with Gasteiger partial charge in [0.2, 0.25) is 0 Å². The van der Waals surface area contributed by atoms with E-state index in [0.717, 1.165) is 6.42 Å². The second-order valence-electron chi connectivity index (χ2n) is 5.21. The standard InChI is InChI=1S/C13H18N4O3/c1-8-7-16(5-4-11(8)14)13(18)10-6-9(17(19)20)2-3-12(10)15/h2-3,6,8,11H,4-5,7,14-15H2,1H3. The molecular weight excluding hydrogens is 260 g/mol. The van der Waals surface area contributed by atoms with Crippen LogP contribution in [-0.4, -0.2) is 34.9 Å².